The zero-order valence-electron chi connectivity index (χ0n) is 13.9. The summed E-state index contributed by atoms with van der Waals surface area (Å²) in [6.45, 7) is 2.56. The van der Waals surface area contributed by atoms with Gasteiger partial charge in [0.1, 0.15) is 5.60 Å². The highest BCUT2D eigenvalue weighted by molar-refractivity contribution is 5.47. The van der Waals surface area contributed by atoms with E-state index in [1.54, 1.807) is 0 Å². The van der Waals surface area contributed by atoms with Gasteiger partial charge in [-0.15, -0.1) is 0 Å². The second-order valence-electron chi connectivity index (χ2n) is 5.66. The minimum Gasteiger partial charge on any atom is -0.357 e. The Bertz CT molecular complexity index is 664. The largest absolute Gasteiger partial charge is 0.357 e. The van der Waals surface area contributed by atoms with E-state index in [-0.39, 0.29) is 0 Å². The van der Waals surface area contributed by atoms with Crippen molar-refractivity contribution in [2.45, 2.75) is 12.5 Å². The highest BCUT2D eigenvalue weighted by Crippen LogP contribution is 2.40. The fourth-order valence-electron chi connectivity index (χ4n) is 3.04. The highest BCUT2D eigenvalue weighted by Gasteiger charge is 2.37. The number of benzene rings is 3. The highest BCUT2D eigenvalue weighted by atomic mass is 16.5. The predicted molar refractivity (Wildman–Crippen MR) is 100.0 cm³/mol. The van der Waals surface area contributed by atoms with Crippen molar-refractivity contribution in [2.24, 2.45) is 0 Å². The molecule has 0 saturated carbocycles. The van der Waals surface area contributed by atoms with Gasteiger partial charge in [-0.1, -0.05) is 103 Å². The van der Waals surface area contributed by atoms with Gasteiger partial charge in [-0.05, 0) is 23.6 Å². The number of allylic oxidation sites excluding steroid dienone is 1. The molecule has 0 N–H and O–H groups in total. The lowest BCUT2D eigenvalue weighted by Gasteiger charge is -2.35. The zero-order chi connectivity index (χ0) is 16.7. The van der Waals surface area contributed by atoms with Gasteiger partial charge in [-0.2, -0.15) is 0 Å². The van der Waals surface area contributed by atoms with Crippen LogP contribution in [0.3, 0.4) is 0 Å². The van der Waals surface area contributed by atoms with E-state index < -0.39 is 5.60 Å². The third-order valence-corrected chi connectivity index (χ3v) is 4.17. The molecule has 1 nitrogen and oxygen atoms in total. The van der Waals surface area contributed by atoms with E-state index in [0.29, 0.717) is 6.61 Å². The minimum atomic E-state index is -0.622. The summed E-state index contributed by atoms with van der Waals surface area (Å²) in [6, 6.07) is 31.3. The molecular formula is C23H22O. The number of ether oxygens (including phenoxy) is 1. The van der Waals surface area contributed by atoms with E-state index in [1.165, 1.54) is 0 Å². The summed E-state index contributed by atoms with van der Waals surface area (Å²) >= 11 is 0. The summed E-state index contributed by atoms with van der Waals surface area (Å²) in [5.41, 5.74) is 2.77. The van der Waals surface area contributed by atoms with E-state index in [2.05, 4.69) is 72.8 Å². The van der Waals surface area contributed by atoms with Crippen LogP contribution >= 0.6 is 0 Å². The van der Waals surface area contributed by atoms with Gasteiger partial charge in [0.25, 0.3) is 0 Å². The van der Waals surface area contributed by atoms with E-state index in [9.17, 15) is 0 Å². The number of hydrogen-bond donors (Lipinski definition) is 0. The molecule has 0 heterocycles. The van der Waals surface area contributed by atoms with Crippen LogP contribution in [-0.4, -0.2) is 6.61 Å². The molecule has 0 atom stereocenters. The zero-order valence-corrected chi connectivity index (χ0v) is 13.9. The molecular weight excluding hydrogens is 292 g/mol. The summed E-state index contributed by atoms with van der Waals surface area (Å²) < 4.78 is 6.54. The first-order valence-corrected chi connectivity index (χ1v) is 8.29. The molecule has 24 heavy (non-hydrogen) atoms. The van der Waals surface area contributed by atoms with Gasteiger partial charge in [0.05, 0.1) is 6.61 Å². The summed E-state index contributed by atoms with van der Waals surface area (Å²) in [6.07, 6.45) is 4.06. The van der Waals surface area contributed by atoms with Crippen molar-refractivity contribution in [3.63, 3.8) is 0 Å². The van der Waals surface area contributed by atoms with Crippen molar-refractivity contribution >= 4 is 0 Å². The van der Waals surface area contributed by atoms with Gasteiger partial charge < -0.3 is 4.74 Å². The summed E-state index contributed by atoms with van der Waals surface area (Å²) in [5, 5.41) is 0. The van der Waals surface area contributed by atoms with Gasteiger partial charge in [-0.25, -0.2) is 0 Å². The van der Waals surface area contributed by atoms with Crippen LogP contribution in [0.4, 0.5) is 0 Å². The maximum absolute atomic E-state index is 6.54. The molecule has 3 aromatic carbocycles. The van der Waals surface area contributed by atoms with Gasteiger partial charge >= 0.3 is 0 Å². The molecule has 0 amide bonds. The van der Waals surface area contributed by atoms with Crippen LogP contribution in [0.1, 0.15) is 23.6 Å². The topological polar surface area (TPSA) is 9.23 Å². The SMILES string of the molecule is C/C=C/COC(c1ccccc1)(c1ccccc1)c1ccccc1. The van der Waals surface area contributed by atoms with Gasteiger partial charge in [0, 0.05) is 0 Å². The van der Waals surface area contributed by atoms with Crippen molar-refractivity contribution in [1.29, 1.82) is 0 Å². The summed E-state index contributed by atoms with van der Waals surface area (Å²) in [7, 11) is 0. The maximum Gasteiger partial charge on any atom is 0.144 e. The third-order valence-electron chi connectivity index (χ3n) is 4.17. The smallest absolute Gasteiger partial charge is 0.144 e. The Kier molecular flexibility index (Phi) is 5.25. The molecule has 0 unspecified atom stereocenters. The molecule has 3 rings (SSSR count). The monoisotopic (exact) mass is 314 g/mol. The second-order valence-corrected chi connectivity index (χ2v) is 5.66. The predicted octanol–water partition coefficient (Wildman–Crippen LogP) is 5.57. The maximum atomic E-state index is 6.54. The Balaban J connectivity index is 2.24. The van der Waals surface area contributed by atoms with Crippen LogP contribution in [0.5, 0.6) is 0 Å². The van der Waals surface area contributed by atoms with Crippen LogP contribution in [0.15, 0.2) is 103 Å². The summed E-state index contributed by atoms with van der Waals surface area (Å²) in [5.74, 6) is 0. The van der Waals surface area contributed by atoms with Crippen molar-refractivity contribution in [3.05, 3.63) is 120 Å². The standard InChI is InChI=1S/C23H22O/c1-2-3-19-24-23(20-13-7-4-8-14-20,21-15-9-5-10-16-21)22-17-11-6-12-18-22/h2-18H,19H2,1H3/b3-2+. The van der Waals surface area contributed by atoms with E-state index in [4.69, 9.17) is 4.74 Å². The van der Waals surface area contributed by atoms with E-state index >= 15 is 0 Å². The fraction of sp³-hybridized carbons (Fsp3) is 0.130. The first-order valence-electron chi connectivity index (χ1n) is 8.29. The normalized spacial score (nSPS) is 11.7. The lowest BCUT2D eigenvalue weighted by molar-refractivity contribution is 0.0319. The van der Waals surface area contributed by atoms with Gasteiger partial charge in [0.15, 0.2) is 0 Å². The Morgan fingerprint density at radius 2 is 1.04 bits per heavy atom. The molecule has 0 saturated heterocycles. The van der Waals surface area contributed by atoms with E-state index in [0.717, 1.165) is 16.7 Å². The Labute approximate surface area is 144 Å². The molecule has 0 aliphatic rings. The molecule has 0 aliphatic heterocycles. The van der Waals surface area contributed by atoms with Crippen molar-refractivity contribution < 1.29 is 4.74 Å². The third kappa shape index (κ3) is 3.17. The first kappa shape index (κ1) is 16.2. The molecule has 0 spiro atoms. The minimum absolute atomic E-state index is 0.551. The Morgan fingerprint density at radius 3 is 1.38 bits per heavy atom. The van der Waals surface area contributed by atoms with Crippen molar-refractivity contribution in [3.8, 4) is 0 Å². The van der Waals surface area contributed by atoms with Crippen LogP contribution in [0, 0.1) is 0 Å². The Hall–Kier alpha value is -2.64. The lowest BCUT2D eigenvalue weighted by Crippen LogP contribution is -2.33. The van der Waals surface area contributed by atoms with Crippen LogP contribution in [0.2, 0.25) is 0 Å². The van der Waals surface area contributed by atoms with Gasteiger partial charge in [-0.3, -0.25) is 0 Å². The first-order chi connectivity index (χ1) is 11.9. The van der Waals surface area contributed by atoms with Crippen molar-refractivity contribution in [2.75, 3.05) is 6.61 Å². The molecule has 1 heteroatoms. The van der Waals surface area contributed by atoms with Crippen LogP contribution in [0.25, 0.3) is 0 Å². The average Bonchev–Trinajstić information content (AvgIpc) is 2.68. The van der Waals surface area contributed by atoms with Gasteiger partial charge in [0.2, 0.25) is 0 Å². The molecule has 0 radical (unpaired) electrons. The average molecular weight is 314 g/mol. The lowest BCUT2D eigenvalue weighted by atomic mass is 9.80. The Morgan fingerprint density at radius 1 is 0.667 bits per heavy atom. The van der Waals surface area contributed by atoms with E-state index in [1.807, 2.05) is 37.3 Å². The molecule has 0 aromatic heterocycles. The van der Waals surface area contributed by atoms with Crippen LogP contribution < -0.4 is 0 Å². The molecule has 3 aromatic rings. The fourth-order valence-corrected chi connectivity index (χ4v) is 3.04. The molecule has 0 fully saturated rings. The quantitative estimate of drug-likeness (QED) is 0.427. The van der Waals surface area contributed by atoms with Crippen LogP contribution in [-0.2, 0) is 10.3 Å². The number of hydrogen-bond acceptors (Lipinski definition) is 1. The molecule has 120 valence electrons. The van der Waals surface area contributed by atoms with Crippen molar-refractivity contribution in [1.82, 2.24) is 0 Å². The molecule has 0 aliphatic carbocycles. The number of rotatable bonds is 6. The summed E-state index contributed by atoms with van der Waals surface area (Å²) in [4.78, 5) is 0. The second kappa shape index (κ2) is 7.76. The molecule has 0 bridgehead atoms.